The van der Waals surface area contributed by atoms with Crippen LogP contribution in [0.4, 0.5) is 0 Å². The van der Waals surface area contributed by atoms with Crippen molar-refractivity contribution in [3.63, 3.8) is 0 Å². The average molecular weight is 652 g/mol. The molecule has 8 aromatic carbocycles. The Balaban J connectivity index is 1.17. The van der Waals surface area contributed by atoms with Crippen LogP contribution >= 0.6 is 0 Å². The fraction of sp³-hybridized carbons (Fsp3) is 0. The number of aromatic nitrogens is 3. The van der Waals surface area contributed by atoms with E-state index in [9.17, 15) is 0 Å². The van der Waals surface area contributed by atoms with Gasteiger partial charge in [-0.3, -0.25) is 0 Å². The molecule has 2 aromatic heterocycles. The first-order valence-corrected chi connectivity index (χ1v) is 17.1. The largest absolute Gasteiger partial charge is 0.455 e. The van der Waals surface area contributed by atoms with Crippen LogP contribution in [0.15, 0.2) is 180 Å². The standard InChI is InChI=1S/C47H29N3O/c1-3-11-30(12-4-1)32-19-22-34(23-20-32)46-48-45(33-14-5-2-6-15-33)49-47(50-46)42-29-41-40-28-37(36-24-21-31-13-7-8-16-35(31)27-36)25-26-43(40)51-44(41)39-18-10-9-17-38(39)42/h1-29H. The first-order chi connectivity index (χ1) is 25.2. The highest BCUT2D eigenvalue weighted by Gasteiger charge is 2.19. The molecule has 0 unspecified atom stereocenters. The van der Waals surface area contributed by atoms with Gasteiger partial charge in [0.1, 0.15) is 11.2 Å². The van der Waals surface area contributed by atoms with Crippen molar-refractivity contribution in [2.75, 3.05) is 0 Å². The van der Waals surface area contributed by atoms with Crippen LogP contribution in [0.25, 0.3) is 99.9 Å². The van der Waals surface area contributed by atoms with Gasteiger partial charge in [0, 0.05) is 32.8 Å². The van der Waals surface area contributed by atoms with Crippen LogP contribution in [0.1, 0.15) is 0 Å². The van der Waals surface area contributed by atoms with Crippen molar-refractivity contribution >= 4 is 43.5 Å². The summed E-state index contributed by atoms with van der Waals surface area (Å²) in [5.74, 6) is 1.87. The van der Waals surface area contributed by atoms with Crippen LogP contribution < -0.4 is 0 Å². The molecule has 0 amide bonds. The minimum absolute atomic E-state index is 0.615. The second-order valence-electron chi connectivity index (χ2n) is 12.8. The number of hydrogen-bond donors (Lipinski definition) is 0. The molecule has 0 N–H and O–H groups in total. The van der Waals surface area contributed by atoms with E-state index in [0.717, 1.165) is 60.5 Å². The molecule has 0 aliphatic heterocycles. The highest BCUT2D eigenvalue weighted by Crippen LogP contribution is 2.41. The molecule has 0 fully saturated rings. The van der Waals surface area contributed by atoms with Crippen LogP contribution in [0.5, 0.6) is 0 Å². The highest BCUT2D eigenvalue weighted by molar-refractivity contribution is 6.19. The van der Waals surface area contributed by atoms with Gasteiger partial charge in [-0.25, -0.2) is 15.0 Å². The van der Waals surface area contributed by atoms with Crippen LogP contribution in [0, 0.1) is 0 Å². The van der Waals surface area contributed by atoms with Gasteiger partial charge in [-0.15, -0.1) is 0 Å². The van der Waals surface area contributed by atoms with E-state index in [4.69, 9.17) is 19.4 Å². The fourth-order valence-corrected chi connectivity index (χ4v) is 7.12. The van der Waals surface area contributed by atoms with Gasteiger partial charge in [0.25, 0.3) is 0 Å². The molecule has 238 valence electrons. The number of benzene rings is 8. The second kappa shape index (κ2) is 11.9. The van der Waals surface area contributed by atoms with Crippen molar-refractivity contribution in [2.45, 2.75) is 0 Å². The summed E-state index contributed by atoms with van der Waals surface area (Å²) in [6.45, 7) is 0. The molecular formula is C47H29N3O. The molecule has 0 saturated carbocycles. The number of furan rings is 1. The lowest BCUT2D eigenvalue weighted by atomic mass is 9.97. The van der Waals surface area contributed by atoms with E-state index in [1.807, 2.05) is 36.4 Å². The number of rotatable bonds is 5. The van der Waals surface area contributed by atoms with E-state index in [2.05, 4.69) is 140 Å². The van der Waals surface area contributed by atoms with Crippen LogP contribution in [0.3, 0.4) is 0 Å². The Labute approximate surface area is 294 Å². The third-order valence-electron chi connectivity index (χ3n) is 9.72. The molecule has 10 aromatic rings. The normalized spacial score (nSPS) is 11.5. The van der Waals surface area contributed by atoms with Crippen molar-refractivity contribution in [1.82, 2.24) is 15.0 Å². The molecule has 4 nitrogen and oxygen atoms in total. The molecule has 4 heteroatoms. The van der Waals surface area contributed by atoms with Gasteiger partial charge in [-0.1, -0.05) is 152 Å². The third-order valence-corrected chi connectivity index (χ3v) is 9.72. The molecule has 0 aliphatic rings. The lowest BCUT2D eigenvalue weighted by Crippen LogP contribution is -2.00. The molecule has 51 heavy (non-hydrogen) atoms. The summed E-state index contributed by atoms with van der Waals surface area (Å²) in [7, 11) is 0. The SMILES string of the molecule is c1ccc(-c2ccc(-c3nc(-c4ccccc4)nc(-c4cc5c6cc(-c7ccc8ccccc8c7)ccc6oc5c5ccccc45)n3)cc2)cc1. The molecule has 0 radical (unpaired) electrons. The maximum atomic E-state index is 6.60. The topological polar surface area (TPSA) is 51.8 Å². The van der Waals surface area contributed by atoms with E-state index in [0.29, 0.717) is 17.5 Å². The Hall–Kier alpha value is -6.91. The zero-order valence-corrected chi connectivity index (χ0v) is 27.5. The maximum Gasteiger partial charge on any atom is 0.164 e. The predicted octanol–water partition coefficient (Wildman–Crippen LogP) is 12.4. The van der Waals surface area contributed by atoms with Gasteiger partial charge in [0.2, 0.25) is 0 Å². The number of nitrogens with zero attached hydrogens (tertiary/aromatic N) is 3. The van der Waals surface area contributed by atoms with E-state index in [1.165, 1.54) is 21.9 Å². The van der Waals surface area contributed by atoms with Crippen molar-refractivity contribution in [3.05, 3.63) is 176 Å². The van der Waals surface area contributed by atoms with E-state index >= 15 is 0 Å². The Morgan fingerprint density at radius 2 is 0.843 bits per heavy atom. The number of fused-ring (bicyclic) bond motifs is 6. The molecule has 0 atom stereocenters. The van der Waals surface area contributed by atoms with E-state index in [-0.39, 0.29) is 0 Å². The smallest absolute Gasteiger partial charge is 0.164 e. The van der Waals surface area contributed by atoms with Crippen LogP contribution in [-0.2, 0) is 0 Å². The fourth-order valence-electron chi connectivity index (χ4n) is 7.12. The third kappa shape index (κ3) is 5.13. The first-order valence-electron chi connectivity index (χ1n) is 17.1. The van der Waals surface area contributed by atoms with Crippen molar-refractivity contribution < 1.29 is 4.42 Å². The molecule has 10 rings (SSSR count). The molecule has 0 aliphatic carbocycles. The summed E-state index contributed by atoms with van der Waals surface area (Å²) in [6, 6.07) is 61.1. The summed E-state index contributed by atoms with van der Waals surface area (Å²) in [6.07, 6.45) is 0. The monoisotopic (exact) mass is 651 g/mol. The minimum Gasteiger partial charge on any atom is -0.455 e. The molecular weight excluding hydrogens is 623 g/mol. The van der Waals surface area contributed by atoms with Gasteiger partial charge in [0.15, 0.2) is 17.5 Å². The minimum atomic E-state index is 0.615. The van der Waals surface area contributed by atoms with Gasteiger partial charge in [0.05, 0.1) is 0 Å². The van der Waals surface area contributed by atoms with Gasteiger partial charge < -0.3 is 4.42 Å². The maximum absolute atomic E-state index is 6.60. The van der Waals surface area contributed by atoms with Gasteiger partial charge >= 0.3 is 0 Å². The summed E-state index contributed by atoms with van der Waals surface area (Å²) in [4.78, 5) is 15.3. The zero-order chi connectivity index (χ0) is 33.7. The van der Waals surface area contributed by atoms with Crippen molar-refractivity contribution in [1.29, 1.82) is 0 Å². The summed E-state index contributed by atoms with van der Waals surface area (Å²) >= 11 is 0. The van der Waals surface area contributed by atoms with Gasteiger partial charge in [-0.05, 0) is 62.7 Å². The Morgan fingerprint density at radius 1 is 0.314 bits per heavy atom. The average Bonchev–Trinajstić information content (AvgIpc) is 3.59. The molecule has 2 heterocycles. The Morgan fingerprint density at radius 3 is 1.61 bits per heavy atom. The Bertz CT molecular complexity index is 2900. The molecule has 0 saturated heterocycles. The first kappa shape index (κ1) is 29.0. The van der Waals surface area contributed by atoms with E-state index < -0.39 is 0 Å². The van der Waals surface area contributed by atoms with Crippen LogP contribution in [-0.4, -0.2) is 15.0 Å². The molecule has 0 spiro atoms. The quantitative estimate of drug-likeness (QED) is 0.186. The summed E-state index contributed by atoms with van der Waals surface area (Å²) in [5.41, 5.74) is 9.10. The molecule has 0 bridgehead atoms. The lowest BCUT2D eigenvalue weighted by molar-refractivity contribution is 0.673. The summed E-state index contributed by atoms with van der Waals surface area (Å²) < 4.78 is 6.60. The Kier molecular flexibility index (Phi) is 6.78. The van der Waals surface area contributed by atoms with E-state index in [1.54, 1.807) is 0 Å². The predicted molar refractivity (Wildman–Crippen MR) is 209 cm³/mol. The summed E-state index contributed by atoms with van der Waals surface area (Å²) in [5, 5.41) is 6.56. The second-order valence-corrected chi connectivity index (χ2v) is 12.8. The van der Waals surface area contributed by atoms with Crippen LogP contribution in [0.2, 0.25) is 0 Å². The zero-order valence-electron chi connectivity index (χ0n) is 27.5. The lowest BCUT2D eigenvalue weighted by Gasteiger charge is -2.11. The van der Waals surface area contributed by atoms with Gasteiger partial charge in [-0.2, -0.15) is 0 Å². The number of hydrogen-bond acceptors (Lipinski definition) is 4. The van der Waals surface area contributed by atoms with Crippen molar-refractivity contribution in [3.8, 4) is 56.4 Å². The highest BCUT2D eigenvalue weighted by atomic mass is 16.3. The van der Waals surface area contributed by atoms with Crippen molar-refractivity contribution in [2.24, 2.45) is 0 Å².